The monoisotopic (exact) mass is 303 g/mol. The Morgan fingerprint density at radius 2 is 2.16 bits per heavy atom. The first-order valence-electron chi connectivity index (χ1n) is 5.80. The zero-order valence-corrected chi connectivity index (χ0v) is 12.4. The molecule has 1 aromatic rings. The van der Waals surface area contributed by atoms with E-state index in [1.807, 2.05) is 6.92 Å². The maximum atomic E-state index is 12.1. The van der Waals surface area contributed by atoms with E-state index in [2.05, 4.69) is 4.72 Å². The molecule has 0 amide bonds. The molecule has 5 nitrogen and oxygen atoms in total. The maximum absolute atomic E-state index is 12.1. The highest BCUT2D eigenvalue weighted by Gasteiger charge is 2.18. The van der Waals surface area contributed by atoms with Crippen molar-refractivity contribution in [3.63, 3.8) is 0 Å². The van der Waals surface area contributed by atoms with E-state index in [0.717, 1.165) is 11.8 Å². The van der Waals surface area contributed by atoms with Gasteiger partial charge >= 0.3 is 5.97 Å². The highest BCUT2D eigenvalue weighted by molar-refractivity contribution is 7.99. The summed E-state index contributed by atoms with van der Waals surface area (Å²) < 4.78 is 26.7. The molecule has 0 fully saturated rings. The number of aromatic carboxylic acids is 1. The third-order valence-corrected chi connectivity index (χ3v) is 5.05. The Morgan fingerprint density at radius 3 is 2.74 bits per heavy atom. The van der Waals surface area contributed by atoms with Gasteiger partial charge in [0, 0.05) is 11.8 Å². The Balaban J connectivity index is 2.88. The van der Waals surface area contributed by atoms with Crippen molar-refractivity contribution < 1.29 is 18.3 Å². The van der Waals surface area contributed by atoms with Gasteiger partial charge in [0.25, 0.3) is 0 Å². The molecule has 1 atom stereocenters. The van der Waals surface area contributed by atoms with Crippen LogP contribution in [-0.4, -0.2) is 37.0 Å². The van der Waals surface area contributed by atoms with E-state index in [9.17, 15) is 13.2 Å². The molecule has 19 heavy (non-hydrogen) atoms. The molecular weight excluding hydrogens is 286 g/mol. The third kappa shape index (κ3) is 4.85. The van der Waals surface area contributed by atoms with Crippen molar-refractivity contribution in [1.29, 1.82) is 0 Å². The molecule has 2 N–H and O–H groups in total. The van der Waals surface area contributed by atoms with Crippen LogP contribution in [0.5, 0.6) is 0 Å². The predicted octanol–water partition coefficient (Wildman–Crippen LogP) is 1.80. The van der Waals surface area contributed by atoms with Crippen molar-refractivity contribution in [2.75, 3.05) is 11.5 Å². The molecule has 1 aromatic carbocycles. The van der Waals surface area contributed by atoms with Crippen molar-refractivity contribution in [3.8, 4) is 0 Å². The third-order valence-electron chi connectivity index (χ3n) is 2.32. The number of nitrogens with one attached hydrogen (secondary N) is 1. The highest BCUT2D eigenvalue weighted by atomic mass is 32.2. The lowest BCUT2D eigenvalue weighted by Crippen LogP contribution is -2.34. The molecule has 0 aromatic heterocycles. The van der Waals surface area contributed by atoms with E-state index in [4.69, 9.17) is 5.11 Å². The average molecular weight is 303 g/mol. The van der Waals surface area contributed by atoms with Crippen LogP contribution in [0.1, 0.15) is 24.2 Å². The average Bonchev–Trinajstić information content (AvgIpc) is 2.36. The van der Waals surface area contributed by atoms with Gasteiger partial charge in [0.2, 0.25) is 10.0 Å². The lowest BCUT2D eigenvalue weighted by Gasteiger charge is -2.13. The van der Waals surface area contributed by atoms with E-state index < -0.39 is 16.0 Å². The summed E-state index contributed by atoms with van der Waals surface area (Å²) in [7, 11) is -3.67. The predicted molar refractivity (Wildman–Crippen MR) is 76.2 cm³/mol. The first-order valence-corrected chi connectivity index (χ1v) is 8.44. The van der Waals surface area contributed by atoms with E-state index in [-0.39, 0.29) is 16.5 Å². The molecule has 0 spiro atoms. The van der Waals surface area contributed by atoms with Gasteiger partial charge < -0.3 is 5.11 Å². The fraction of sp³-hybridized carbons (Fsp3) is 0.417. The molecule has 0 aliphatic rings. The summed E-state index contributed by atoms with van der Waals surface area (Å²) in [5.41, 5.74) is -0.0431. The lowest BCUT2D eigenvalue weighted by atomic mass is 10.2. The number of rotatable bonds is 7. The maximum Gasteiger partial charge on any atom is 0.335 e. The van der Waals surface area contributed by atoms with Crippen LogP contribution >= 0.6 is 11.8 Å². The smallest absolute Gasteiger partial charge is 0.335 e. The van der Waals surface area contributed by atoms with E-state index >= 15 is 0 Å². The lowest BCUT2D eigenvalue weighted by molar-refractivity contribution is 0.0696. The van der Waals surface area contributed by atoms with Gasteiger partial charge in [0.1, 0.15) is 0 Å². The van der Waals surface area contributed by atoms with Crippen LogP contribution in [0.15, 0.2) is 29.2 Å². The number of hydrogen-bond acceptors (Lipinski definition) is 4. The number of sulfonamides is 1. The molecule has 7 heteroatoms. The Bertz CT molecular complexity index is 542. The number of hydrogen-bond donors (Lipinski definition) is 2. The highest BCUT2D eigenvalue weighted by Crippen LogP contribution is 2.13. The molecule has 0 heterocycles. The van der Waals surface area contributed by atoms with E-state index in [0.29, 0.717) is 5.75 Å². The van der Waals surface area contributed by atoms with Gasteiger partial charge in [0.05, 0.1) is 10.5 Å². The minimum atomic E-state index is -3.67. The van der Waals surface area contributed by atoms with Gasteiger partial charge in [-0.25, -0.2) is 17.9 Å². The summed E-state index contributed by atoms with van der Waals surface area (Å²) in [5.74, 6) is 0.446. The molecule has 0 aliphatic carbocycles. The van der Waals surface area contributed by atoms with Gasteiger partial charge in [-0.2, -0.15) is 11.8 Å². The van der Waals surface area contributed by atoms with E-state index in [1.54, 1.807) is 18.7 Å². The van der Waals surface area contributed by atoms with E-state index in [1.165, 1.54) is 18.2 Å². The first-order chi connectivity index (χ1) is 8.86. The fourth-order valence-electron chi connectivity index (χ4n) is 1.46. The van der Waals surface area contributed by atoms with Crippen molar-refractivity contribution >= 4 is 27.8 Å². The van der Waals surface area contributed by atoms with Crippen LogP contribution in [-0.2, 0) is 10.0 Å². The molecular formula is C12H17NO4S2. The second-order valence-corrected chi connectivity index (χ2v) is 7.05. The molecule has 106 valence electrons. The molecule has 0 saturated heterocycles. The van der Waals surface area contributed by atoms with Crippen LogP contribution in [0.2, 0.25) is 0 Å². The first kappa shape index (κ1) is 16.0. The van der Waals surface area contributed by atoms with Gasteiger partial charge in [-0.05, 0) is 30.9 Å². The van der Waals surface area contributed by atoms with Crippen LogP contribution in [0.25, 0.3) is 0 Å². The van der Waals surface area contributed by atoms with Crippen molar-refractivity contribution in [3.05, 3.63) is 29.8 Å². The standard InChI is InChI=1S/C12H17NO4S2/c1-3-18-8-9(2)13-19(16,17)11-6-4-5-10(7-11)12(14)15/h4-7,9,13H,3,8H2,1-2H3,(H,14,15). The molecule has 0 bridgehead atoms. The Morgan fingerprint density at radius 1 is 1.47 bits per heavy atom. The van der Waals surface area contributed by atoms with Crippen LogP contribution in [0.4, 0.5) is 0 Å². The van der Waals surface area contributed by atoms with Gasteiger partial charge in [-0.15, -0.1) is 0 Å². The SMILES string of the molecule is CCSCC(C)NS(=O)(=O)c1cccc(C(=O)O)c1. The number of carboxylic acids is 1. The molecule has 0 radical (unpaired) electrons. The van der Waals surface area contributed by atoms with Crippen molar-refractivity contribution in [2.45, 2.75) is 24.8 Å². The second kappa shape index (κ2) is 6.93. The number of carboxylic acid groups (broad SMARTS) is 1. The molecule has 0 aliphatic heterocycles. The van der Waals surface area contributed by atoms with Crippen LogP contribution < -0.4 is 4.72 Å². The summed E-state index contributed by atoms with van der Waals surface area (Å²) in [6.45, 7) is 3.78. The summed E-state index contributed by atoms with van der Waals surface area (Å²) >= 11 is 1.64. The number of carbonyl (C=O) groups is 1. The summed E-state index contributed by atoms with van der Waals surface area (Å²) in [6.07, 6.45) is 0. The minimum Gasteiger partial charge on any atom is -0.478 e. The van der Waals surface area contributed by atoms with Crippen LogP contribution in [0, 0.1) is 0 Å². The fourth-order valence-corrected chi connectivity index (χ4v) is 3.52. The Labute approximate surface area is 117 Å². The quantitative estimate of drug-likeness (QED) is 0.802. The largest absolute Gasteiger partial charge is 0.478 e. The Hall–Kier alpha value is -1.05. The summed E-state index contributed by atoms with van der Waals surface area (Å²) in [5, 5.41) is 8.85. The molecule has 1 unspecified atom stereocenters. The van der Waals surface area contributed by atoms with Crippen molar-refractivity contribution in [1.82, 2.24) is 4.72 Å². The topological polar surface area (TPSA) is 83.5 Å². The minimum absolute atomic E-state index is 0.0271. The second-order valence-electron chi connectivity index (χ2n) is 4.01. The zero-order chi connectivity index (χ0) is 14.5. The Kier molecular flexibility index (Phi) is 5.84. The summed E-state index contributed by atoms with van der Waals surface area (Å²) in [6, 6.07) is 5.11. The van der Waals surface area contributed by atoms with Gasteiger partial charge in [-0.3, -0.25) is 0 Å². The summed E-state index contributed by atoms with van der Waals surface area (Å²) in [4.78, 5) is 10.8. The number of thioether (sulfide) groups is 1. The van der Waals surface area contributed by atoms with Crippen LogP contribution in [0.3, 0.4) is 0 Å². The van der Waals surface area contributed by atoms with Crippen molar-refractivity contribution in [2.24, 2.45) is 0 Å². The molecule has 1 rings (SSSR count). The normalized spacial score (nSPS) is 13.2. The zero-order valence-electron chi connectivity index (χ0n) is 10.8. The molecule has 0 saturated carbocycles. The van der Waals surface area contributed by atoms with Gasteiger partial charge in [-0.1, -0.05) is 13.0 Å². The van der Waals surface area contributed by atoms with Gasteiger partial charge in [0.15, 0.2) is 0 Å². The number of benzene rings is 1.